The smallest absolute Gasteiger partial charge is 0.161 e. The van der Waals surface area contributed by atoms with E-state index in [-0.39, 0.29) is 0 Å². The van der Waals surface area contributed by atoms with E-state index >= 15 is 0 Å². The summed E-state index contributed by atoms with van der Waals surface area (Å²) in [6.45, 7) is 4.52. The number of nitrogens with zero attached hydrogens (tertiary/aromatic N) is 1. The first-order chi connectivity index (χ1) is 10.4. The molecule has 0 unspecified atom stereocenters. The van der Waals surface area contributed by atoms with Crippen LogP contribution in [0.15, 0.2) is 36.5 Å². The van der Waals surface area contributed by atoms with Gasteiger partial charge in [0.05, 0.1) is 18.9 Å². The van der Waals surface area contributed by atoms with Gasteiger partial charge < -0.3 is 14.8 Å². The van der Waals surface area contributed by atoms with Crippen molar-refractivity contribution >= 4 is 5.69 Å². The molecule has 110 valence electrons. The fourth-order valence-corrected chi connectivity index (χ4v) is 2.29. The van der Waals surface area contributed by atoms with Gasteiger partial charge in [-0.25, -0.2) is 0 Å². The number of fused-ring (bicyclic) bond motifs is 1. The van der Waals surface area contributed by atoms with Crippen molar-refractivity contribution in [1.29, 1.82) is 0 Å². The van der Waals surface area contributed by atoms with Gasteiger partial charge in [-0.1, -0.05) is 6.92 Å². The van der Waals surface area contributed by atoms with E-state index in [4.69, 9.17) is 9.47 Å². The molecule has 1 aliphatic rings. The van der Waals surface area contributed by atoms with Crippen molar-refractivity contribution in [2.24, 2.45) is 0 Å². The largest absolute Gasteiger partial charge is 0.490 e. The van der Waals surface area contributed by atoms with Crippen LogP contribution in [0.1, 0.15) is 19.8 Å². The molecule has 0 atom stereocenters. The standard InChI is InChI=1S/C17H20N2O2/c1-2-7-18-14-6-8-19-15(12-14)13-4-5-16-17(11-13)21-10-3-9-20-16/h4-6,8,11-12H,2-3,7,9-10H2,1H3,(H,18,19). The average molecular weight is 284 g/mol. The van der Waals surface area contributed by atoms with Gasteiger partial charge >= 0.3 is 0 Å². The molecule has 0 aliphatic carbocycles. The number of ether oxygens (including phenoxy) is 2. The van der Waals surface area contributed by atoms with E-state index in [9.17, 15) is 0 Å². The van der Waals surface area contributed by atoms with E-state index in [1.54, 1.807) is 0 Å². The van der Waals surface area contributed by atoms with Gasteiger partial charge in [-0.05, 0) is 36.8 Å². The second-order valence-corrected chi connectivity index (χ2v) is 5.07. The Kier molecular flexibility index (Phi) is 4.24. The molecule has 1 aromatic heterocycles. The predicted octanol–water partition coefficient (Wildman–Crippen LogP) is 3.73. The number of benzene rings is 1. The molecule has 2 heterocycles. The molecule has 1 N–H and O–H groups in total. The van der Waals surface area contributed by atoms with E-state index < -0.39 is 0 Å². The van der Waals surface area contributed by atoms with Gasteiger partial charge in [0.1, 0.15) is 0 Å². The number of hydrogen-bond acceptors (Lipinski definition) is 4. The first kappa shape index (κ1) is 13.7. The first-order valence-corrected chi connectivity index (χ1v) is 7.47. The van der Waals surface area contributed by atoms with Crippen LogP contribution in [-0.2, 0) is 0 Å². The fourth-order valence-electron chi connectivity index (χ4n) is 2.29. The van der Waals surface area contributed by atoms with Crippen molar-refractivity contribution in [3.05, 3.63) is 36.5 Å². The summed E-state index contributed by atoms with van der Waals surface area (Å²) in [5.74, 6) is 1.62. The zero-order valence-corrected chi connectivity index (χ0v) is 12.3. The van der Waals surface area contributed by atoms with E-state index in [0.29, 0.717) is 13.2 Å². The number of rotatable bonds is 4. The summed E-state index contributed by atoms with van der Waals surface area (Å²) in [4.78, 5) is 4.45. The number of anilines is 1. The number of pyridine rings is 1. The van der Waals surface area contributed by atoms with Crippen LogP contribution in [0, 0.1) is 0 Å². The van der Waals surface area contributed by atoms with Crippen molar-refractivity contribution in [2.75, 3.05) is 25.1 Å². The van der Waals surface area contributed by atoms with Crippen LogP contribution in [0.25, 0.3) is 11.3 Å². The zero-order valence-electron chi connectivity index (χ0n) is 12.3. The highest BCUT2D eigenvalue weighted by atomic mass is 16.5. The summed E-state index contributed by atoms with van der Waals surface area (Å²) in [5, 5.41) is 3.38. The third-order valence-corrected chi connectivity index (χ3v) is 3.38. The highest BCUT2D eigenvalue weighted by molar-refractivity contribution is 5.67. The van der Waals surface area contributed by atoms with Crippen LogP contribution < -0.4 is 14.8 Å². The van der Waals surface area contributed by atoms with Gasteiger partial charge in [-0.2, -0.15) is 0 Å². The Bertz CT molecular complexity index is 613. The van der Waals surface area contributed by atoms with E-state index in [1.165, 1.54) is 0 Å². The number of nitrogens with one attached hydrogen (secondary N) is 1. The lowest BCUT2D eigenvalue weighted by Crippen LogP contribution is -2.00. The topological polar surface area (TPSA) is 43.4 Å². The van der Waals surface area contributed by atoms with Crippen LogP contribution in [-0.4, -0.2) is 24.7 Å². The van der Waals surface area contributed by atoms with Crippen molar-refractivity contribution in [2.45, 2.75) is 19.8 Å². The SMILES string of the molecule is CCCNc1ccnc(-c2ccc3c(c2)OCCCO3)c1. The summed E-state index contributed by atoms with van der Waals surface area (Å²) in [7, 11) is 0. The summed E-state index contributed by atoms with van der Waals surface area (Å²) in [6, 6.07) is 10.0. The van der Waals surface area contributed by atoms with E-state index in [0.717, 1.165) is 47.8 Å². The first-order valence-electron chi connectivity index (χ1n) is 7.47. The Labute approximate surface area is 125 Å². The highest BCUT2D eigenvalue weighted by Crippen LogP contribution is 2.34. The Morgan fingerprint density at radius 3 is 2.81 bits per heavy atom. The fraction of sp³-hybridized carbons (Fsp3) is 0.353. The Morgan fingerprint density at radius 2 is 1.95 bits per heavy atom. The molecule has 0 amide bonds. The molecule has 0 bridgehead atoms. The van der Waals surface area contributed by atoms with Gasteiger partial charge in [0.15, 0.2) is 11.5 Å². The molecule has 0 fully saturated rings. The normalized spacial score (nSPS) is 13.6. The minimum atomic E-state index is 0.696. The maximum absolute atomic E-state index is 5.74. The van der Waals surface area contributed by atoms with Crippen molar-refractivity contribution in [1.82, 2.24) is 4.98 Å². The quantitative estimate of drug-likeness (QED) is 0.929. The molecular weight excluding hydrogens is 264 g/mol. The van der Waals surface area contributed by atoms with Crippen LogP contribution in [0.3, 0.4) is 0 Å². The lowest BCUT2D eigenvalue weighted by atomic mass is 10.1. The van der Waals surface area contributed by atoms with Crippen molar-refractivity contribution < 1.29 is 9.47 Å². The molecular formula is C17H20N2O2. The molecule has 3 rings (SSSR count). The third-order valence-electron chi connectivity index (χ3n) is 3.38. The van der Waals surface area contributed by atoms with Crippen molar-refractivity contribution in [3.8, 4) is 22.8 Å². The summed E-state index contributed by atoms with van der Waals surface area (Å²) in [6.07, 6.45) is 3.84. The van der Waals surface area contributed by atoms with Crippen LogP contribution >= 0.6 is 0 Å². The molecule has 0 spiro atoms. The Balaban J connectivity index is 1.88. The van der Waals surface area contributed by atoms with Crippen LogP contribution in [0.5, 0.6) is 11.5 Å². The maximum atomic E-state index is 5.74. The highest BCUT2D eigenvalue weighted by Gasteiger charge is 2.12. The molecule has 0 radical (unpaired) electrons. The second-order valence-electron chi connectivity index (χ2n) is 5.07. The average Bonchev–Trinajstić information content (AvgIpc) is 2.77. The minimum absolute atomic E-state index is 0.696. The molecule has 4 nitrogen and oxygen atoms in total. The maximum Gasteiger partial charge on any atom is 0.161 e. The Hall–Kier alpha value is -2.23. The molecule has 1 aromatic carbocycles. The van der Waals surface area contributed by atoms with Crippen LogP contribution in [0.4, 0.5) is 5.69 Å². The number of hydrogen-bond donors (Lipinski definition) is 1. The van der Waals surface area contributed by atoms with Gasteiger partial charge in [-0.15, -0.1) is 0 Å². The predicted molar refractivity (Wildman–Crippen MR) is 84.1 cm³/mol. The zero-order chi connectivity index (χ0) is 14.5. The molecule has 21 heavy (non-hydrogen) atoms. The minimum Gasteiger partial charge on any atom is -0.490 e. The third kappa shape index (κ3) is 3.27. The van der Waals surface area contributed by atoms with Gasteiger partial charge in [-0.3, -0.25) is 4.98 Å². The lowest BCUT2D eigenvalue weighted by molar-refractivity contribution is 0.297. The van der Waals surface area contributed by atoms with Gasteiger partial charge in [0, 0.05) is 30.4 Å². The van der Waals surface area contributed by atoms with Crippen molar-refractivity contribution in [3.63, 3.8) is 0 Å². The molecule has 1 aliphatic heterocycles. The summed E-state index contributed by atoms with van der Waals surface area (Å²) >= 11 is 0. The summed E-state index contributed by atoms with van der Waals surface area (Å²) < 4.78 is 11.4. The molecule has 0 saturated carbocycles. The molecule has 0 saturated heterocycles. The second kappa shape index (κ2) is 6.48. The molecule has 2 aromatic rings. The van der Waals surface area contributed by atoms with Gasteiger partial charge in [0.2, 0.25) is 0 Å². The number of aromatic nitrogens is 1. The van der Waals surface area contributed by atoms with E-state index in [2.05, 4.69) is 23.3 Å². The van der Waals surface area contributed by atoms with E-state index in [1.807, 2.05) is 30.5 Å². The van der Waals surface area contributed by atoms with Crippen LogP contribution in [0.2, 0.25) is 0 Å². The summed E-state index contributed by atoms with van der Waals surface area (Å²) in [5.41, 5.74) is 3.07. The lowest BCUT2D eigenvalue weighted by Gasteiger charge is -2.10. The monoisotopic (exact) mass is 284 g/mol. The Morgan fingerprint density at radius 1 is 1.10 bits per heavy atom. The van der Waals surface area contributed by atoms with Gasteiger partial charge in [0.25, 0.3) is 0 Å². The molecule has 4 heteroatoms.